The maximum Gasteiger partial charge on any atom is 0.298 e. The summed E-state index contributed by atoms with van der Waals surface area (Å²) in [5.41, 5.74) is -1.02. The van der Waals surface area contributed by atoms with Crippen molar-refractivity contribution in [3.8, 4) is 22.6 Å². The van der Waals surface area contributed by atoms with Gasteiger partial charge in [0.2, 0.25) is 11.6 Å². The van der Waals surface area contributed by atoms with Crippen LogP contribution in [0.1, 0.15) is 0 Å². The minimum absolute atomic E-state index is 0.111. The number of rotatable bonds is 5. The highest BCUT2D eigenvalue weighted by atomic mass is 19.2. The molecule has 9 heteroatoms. The standard InChI is InChI=1S/C18H7F5O4/c19-12-5-11-10(18(16(12)22)27-7-25)2-1-8(14(11)20)9-3-4-13(26-6-24)17(23)15(9)21/h1-7H. The van der Waals surface area contributed by atoms with Crippen molar-refractivity contribution in [3.63, 3.8) is 0 Å². The molecule has 0 saturated heterocycles. The monoisotopic (exact) mass is 382 g/mol. The molecule has 0 unspecified atom stereocenters. The van der Waals surface area contributed by atoms with E-state index in [1.807, 2.05) is 0 Å². The number of halogens is 5. The minimum atomic E-state index is -1.53. The Morgan fingerprint density at radius 3 is 1.96 bits per heavy atom. The second kappa shape index (κ2) is 7.02. The van der Waals surface area contributed by atoms with E-state index in [0.29, 0.717) is 6.07 Å². The van der Waals surface area contributed by atoms with E-state index in [1.54, 1.807) is 0 Å². The van der Waals surface area contributed by atoms with Gasteiger partial charge in [-0.25, -0.2) is 13.2 Å². The fourth-order valence-corrected chi connectivity index (χ4v) is 2.60. The van der Waals surface area contributed by atoms with E-state index in [-0.39, 0.29) is 18.3 Å². The normalized spacial score (nSPS) is 10.7. The SMILES string of the molecule is O=COc1ccc(-c2ccc3c(OC=O)c(F)c(F)cc3c2F)c(F)c1F. The molecule has 0 aliphatic heterocycles. The molecule has 0 heterocycles. The summed E-state index contributed by atoms with van der Waals surface area (Å²) in [5.74, 6) is -8.81. The largest absolute Gasteiger partial charge is 0.425 e. The van der Waals surface area contributed by atoms with Crippen LogP contribution >= 0.6 is 0 Å². The van der Waals surface area contributed by atoms with Gasteiger partial charge in [-0.15, -0.1) is 0 Å². The van der Waals surface area contributed by atoms with E-state index in [2.05, 4.69) is 9.47 Å². The van der Waals surface area contributed by atoms with Crippen LogP contribution in [-0.4, -0.2) is 12.9 Å². The summed E-state index contributed by atoms with van der Waals surface area (Å²) in [7, 11) is 0. The van der Waals surface area contributed by atoms with Crippen LogP contribution in [0.15, 0.2) is 30.3 Å². The molecule has 0 atom stereocenters. The van der Waals surface area contributed by atoms with Gasteiger partial charge in [-0.2, -0.15) is 8.78 Å². The first-order valence-electron chi connectivity index (χ1n) is 7.19. The van der Waals surface area contributed by atoms with Crippen LogP contribution in [-0.2, 0) is 9.59 Å². The third kappa shape index (κ3) is 2.97. The molecule has 0 spiro atoms. The molecule has 0 N–H and O–H groups in total. The highest BCUT2D eigenvalue weighted by Crippen LogP contribution is 2.38. The van der Waals surface area contributed by atoms with E-state index in [9.17, 15) is 31.5 Å². The molecule has 0 aliphatic rings. The summed E-state index contributed by atoms with van der Waals surface area (Å²) < 4.78 is 79.1. The molecule has 0 aromatic heterocycles. The Morgan fingerprint density at radius 2 is 1.30 bits per heavy atom. The number of hydrogen-bond acceptors (Lipinski definition) is 4. The first-order valence-corrected chi connectivity index (χ1v) is 7.19. The second-order valence-electron chi connectivity index (χ2n) is 5.19. The van der Waals surface area contributed by atoms with Crippen LogP contribution in [0, 0.1) is 29.1 Å². The topological polar surface area (TPSA) is 52.6 Å². The number of ether oxygens (including phenoxy) is 2. The number of hydrogen-bond donors (Lipinski definition) is 0. The van der Waals surface area contributed by atoms with E-state index in [4.69, 9.17) is 0 Å². The van der Waals surface area contributed by atoms with Crippen molar-refractivity contribution in [2.45, 2.75) is 0 Å². The Morgan fingerprint density at radius 1 is 0.667 bits per heavy atom. The van der Waals surface area contributed by atoms with Crippen LogP contribution in [0.3, 0.4) is 0 Å². The predicted molar refractivity (Wildman–Crippen MR) is 82.6 cm³/mol. The summed E-state index contributed by atoms with van der Waals surface area (Å²) in [5, 5.41) is -0.805. The van der Waals surface area contributed by atoms with Gasteiger partial charge in [0, 0.05) is 21.9 Å². The van der Waals surface area contributed by atoms with E-state index < -0.39 is 57.1 Å². The molecule has 27 heavy (non-hydrogen) atoms. The smallest absolute Gasteiger partial charge is 0.298 e. The molecule has 0 saturated carbocycles. The third-order valence-electron chi connectivity index (χ3n) is 3.78. The zero-order valence-electron chi connectivity index (χ0n) is 13.1. The van der Waals surface area contributed by atoms with Gasteiger partial charge >= 0.3 is 0 Å². The van der Waals surface area contributed by atoms with Gasteiger partial charge in [-0.3, -0.25) is 9.59 Å². The summed E-state index contributed by atoms with van der Waals surface area (Å²) in [4.78, 5) is 20.8. The van der Waals surface area contributed by atoms with Gasteiger partial charge in [0.05, 0.1) is 0 Å². The Balaban J connectivity index is 2.27. The van der Waals surface area contributed by atoms with Crippen molar-refractivity contribution < 1.29 is 41.0 Å². The number of carbonyl (C=O) groups excluding carboxylic acids is 2. The highest BCUT2D eigenvalue weighted by molar-refractivity contribution is 5.93. The van der Waals surface area contributed by atoms with Gasteiger partial charge < -0.3 is 9.47 Å². The molecule has 0 fully saturated rings. The van der Waals surface area contributed by atoms with Gasteiger partial charge in [-0.1, -0.05) is 6.07 Å². The molecule has 3 rings (SSSR count). The second-order valence-corrected chi connectivity index (χ2v) is 5.19. The van der Waals surface area contributed by atoms with Crippen molar-refractivity contribution >= 4 is 23.7 Å². The lowest BCUT2D eigenvalue weighted by molar-refractivity contribution is -0.121. The summed E-state index contributed by atoms with van der Waals surface area (Å²) in [6.45, 7) is -0.274. The molecular weight excluding hydrogens is 375 g/mol. The molecule has 0 radical (unpaired) electrons. The predicted octanol–water partition coefficient (Wildman–Crippen LogP) is 4.27. The van der Waals surface area contributed by atoms with Crippen molar-refractivity contribution in [2.24, 2.45) is 0 Å². The number of fused-ring (bicyclic) bond motifs is 1. The van der Waals surface area contributed by atoms with Crippen LogP contribution in [0.25, 0.3) is 21.9 Å². The highest BCUT2D eigenvalue weighted by Gasteiger charge is 2.22. The van der Waals surface area contributed by atoms with Crippen molar-refractivity contribution in [3.05, 3.63) is 59.4 Å². The summed E-state index contributed by atoms with van der Waals surface area (Å²) >= 11 is 0. The van der Waals surface area contributed by atoms with Crippen molar-refractivity contribution in [1.29, 1.82) is 0 Å². The van der Waals surface area contributed by atoms with E-state index in [0.717, 1.165) is 24.3 Å². The maximum absolute atomic E-state index is 14.8. The van der Waals surface area contributed by atoms with E-state index >= 15 is 0 Å². The summed E-state index contributed by atoms with van der Waals surface area (Å²) in [6.07, 6.45) is 0. The van der Waals surface area contributed by atoms with E-state index in [1.165, 1.54) is 0 Å². The molecule has 3 aromatic rings. The lowest BCUT2D eigenvalue weighted by Gasteiger charge is -2.12. The maximum atomic E-state index is 14.8. The average Bonchev–Trinajstić information content (AvgIpc) is 2.65. The zero-order chi connectivity index (χ0) is 19.7. The fourth-order valence-electron chi connectivity index (χ4n) is 2.60. The molecular formula is C18H7F5O4. The van der Waals surface area contributed by atoms with Crippen LogP contribution < -0.4 is 9.47 Å². The zero-order valence-corrected chi connectivity index (χ0v) is 13.1. The quantitative estimate of drug-likeness (QED) is 0.489. The third-order valence-corrected chi connectivity index (χ3v) is 3.78. The fraction of sp³-hybridized carbons (Fsp3) is 0. The van der Waals surface area contributed by atoms with Crippen molar-refractivity contribution in [1.82, 2.24) is 0 Å². The molecule has 0 aliphatic carbocycles. The van der Waals surface area contributed by atoms with Gasteiger partial charge in [0.15, 0.2) is 23.1 Å². The Hall–Kier alpha value is -3.49. The minimum Gasteiger partial charge on any atom is -0.425 e. The van der Waals surface area contributed by atoms with Crippen LogP contribution in [0.4, 0.5) is 22.0 Å². The van der Waals surface area contributed by atoms with Gasteiger partial charge in [0.1, 0.15) is 5.82 Å². The molecule has 4 nitrogen and oxygen atoms in total. The lowest BCUT2D eigenvalue weighted by atomic mass is 9.98. The first kappa shape index (κ1) is 18.3. The summed E-state index contributed by atoms with van der Waals surface area (Å²) in [6, 6.07) is 4.38. The molecule has 0 amide bonds. The molecule has 138 valence electrons. The Kier molecular flexibility index (Phi) is 4.76. The van der Waals surface area contributed by atoms with Crippen LogP contribution in [0.2, 0.25) is 0 Å². The average molecular weight is 382 g/mol. The number of benzene rings is 3. The lowest BCUT2D eigenvalue weighted by Crippen LogP contribution is -2.00. The van der Waals surface area contributed by atoms with Gasteiger partial charge in [0.25, 0.3) is 12.9 Å². The number of carbonyl (C=O) groups is 2. The van der Waals surface area contributed by atoms with Gasteiger partial charge in [-0.05, 0) is 24.3 Å². The van der Waals surface area contributed by atoms with Crippen molar-refractivity contribution in [2.75, 3.05) is 0 Å². The molecule has 3 aromatic carbocycles. The van der Waals surface area contributed by atoms with Crippen LogP contribution in [0.5, 0.6) is 11.5 Å². The first-order chi connectivity index (χ1) is 12.9. The molecule has 0 bridgehead atoms. The Bertz CT molecular complexity index is 1080. The Labute approximate surface area is 147 Å².